The van der Waals surface area contributed by atoms with Gasteiger partial charge in [0.2, 0.25) is 11.8 Å². The number of nitrogens with one attached hydrogen (secondary N) is 2. The Kier molecular flexibility index (Phi) is 21.3. The lowest BCUT2D eigenvalue weighted by Gasteiger charge is -2.39. The molecule has 1 aliphatic carbocycles. The number of nitrogens with zero attached hydrogens (tertiary/aromatic N) is 4. The molecule has 4 N–H and O–H groups in total. The topological polar surface area (TPSA) is 183 Å². The number of unbranched alkanes of at least 4 members (excludes halogenated alkanes) is 4. The maximum absolute atomic E-state index is 14.4. The van der Waals surface area contributed by atoms with Gasteiger partial charge in [-0.1, -0.05) is 68.0 Å². The number of carbonyl (C=O) groups is 3. The number of nitrogens with two attached hydrogens (primary N) is 1. The van der Waals surface area contributed by atoms with Crippen LogP contribution < -0.4 is 20.7 Å². The molecule has 3 aromatic carbocycles. The summed E-state index contributed by atoms with van der Waals surface area (Å²) in [5.41, 5.74) is 4.42. The lowest BCUT2D eigenvalue weighted by molar-refractivity contribution is -0.133. The summed E-state index contributed by atoms with van der Waals surface area (Å²) < 4.78 is 98.9. The average Bonchev–Trinajstić information content (AvgIpc) is 3.37. The van der Waals surface area contributed by atoms with Crippen molar-refractivity contribution in [2.24, 2.45) is 11.1 Å². The van der Waals surface area contributed by atoms with Crippen LogP contribution in [0.25, 0.3) is 0 Å². The first-order valence-corrected chi connectivity index (χ1v) is 30.1. The highest BCUT2D eigenvalue weighted by molar-refractivity contribution is 7.99. The van der Waals surface area contributed by atoms with Gasteiger partial charge in [0.1, 0.15) is 4.90 Å². The molecule has 2 aliphatic heterocycles. The molecule has 0 radical (unpaired) electrons. The van der Waals surface area contributed by atoms with Gasteiger partial charge < -0.3 is 20.9 Å². The van der Waals surface area contributed by atoms with Crippen molar-refractivity contribution in [3.05, 3.63) is 102 Å². The average molecular weight is 1100 g/mol. The first-order chi connectivity index (χ1) is 35.5. The third kappa shape index (κ3) is 17.8. The van der Waals surface area contributed by atoms with Crippen molar-refractivity contribution in [3.8, 4) is 0 Å². The second-order valence-corrected chi connectivity index (χ2v) is 25.8. The zero-order valence-electron chi connectivity index (χ0n) is 43.8. The summed E-state index contributed by atoms with van der Waals surface area (Å²) in [5, 5.41) is 3.01. The Morgan fingerprint density at radius 1 is 0.800 bits per heavy atom. The van der Waals surface area contributed by atoms with Crippen molar-refractivity contribution < 1.29 is 44.4 Å². The number of carbonyl (C=O) groups excluding carboxylic acids is 3. The molecular weight excluding hydrogens is 1020 g/mol. The number of piperazine rings is 2. The summed E-state index contributed by atoms with van der Waals surface area (Å²) in [4.78, 5) is 44.7. The molecule has 0 bridgehead atoms. The van der Waals surface area contributed by atoms with E-state index in [4.69, 9.17) is 5.73 Å². The van der Waals surface area contributed by atoms with E-state index in [9.17, 15) is 44.4 Å². The summed E-state index contributed by atoms with van der Waals surface area (Å²) >= 11 is 1.42. The number of hydrogen-bond donors (Lipinski definition) is 3. The zero-order chi connectivity index (χ0) is 54.4. The fraction of sp³-hybridized carbons (Fsp3) is 0.545. The number of anilines is 2. The van der Waals surface area contributed by atoms with Crippen molar-refractivity contribution >= 4 is 60.7 Å². The molecule has 2 fully saturated rings. The van der Waals surface area contributed by atoms with Gasteiger partial charge in [-0.05, 0) is 118 Å². The lowest BCUT2D eigenvalue weighted by Crippen LogP contribution is -2.49. The minimum absolute atomic E-state index is 0.00917. The number of rotatable bonds is 26. The smallest absolute Gasteiger partial charge is 0.380 e. The van der Waals surface area contributed by atoms with Gasteiger partial charge in [0.25, 0.3) is 25.8 Å². The largest absolute Gasteiger partial charge is 0.501 e. The summed E-state index contributed by atoms with van der Waals surface area (Å²) in [5.74, 6) is -0.963. The fourth-order valence-corrected chi connectivity index (χ4v) is 12.9. The molecule has 14 nitrogen and oxygen atoms in total. The number of sulfonamides is 1. The summed E-state index contributed by atoms with van der Waals surface area (Å²) in [7, 11) is -11.0. The predicted molar refractivity (Wildman–Crippen MR) is 292 cm³/mol. The van der Waals surface area contributed by atoms with Gasteiger partial charge in [-0.25, -0.2) is 21.6 Å². The Labute approximate surface area is 447 Å². The maximum atomic E-state index is 14.4. The van der Waals surface area contributed by atoms with Crippen LogP contribution in [0.1, 0.15) is 115 Å². The number of hydrogen-bond acceptors (Lipinski definition) is 12. The fourth-order valence-electron chi connectivity index (χ4n) is 9.86. The zero-order valence-corrected chi connectivity index (χ0v) is 46.2. The Morgan fingerprint density at radius 2 is 1.44 bits per heavy atom. The first-order valence-electron chi connectivity index (χ1n) is 26.2. The molecule has 6 rings (SSSR count). The van der Waals surface area contributed by atoms with E-state index >= 15 is 0 Å². The van der Waals surface area contributed by atoms with Crippen LogP contribution in [-0.2, 0) is 29.4 Å². The molecule has 0 spiro atoms. The van der Waals surface area contributed by atoms with Crippen molar-refractivity contribution in [2.75, 3.05) is 81.4 Å². The Bertz CT molecular complexity index is 2690. The van der Waals surface area contributed by atoms with E-state index in [0.29, 0.717) is 69.2 Å². The molecule has 3 aromatic rings. The van der Waals surface area contributed by atoms with Crippen LogP contribution in [0.15, 0.2) is 111 Å². The van der Waals surface area contributed by atoms with E-state index in [1.165, 1.54) is 35.9 Å². The van der Waals surface area contributed by atoms with Crippen LogP contribution in [0, 0.1) is 5.41 Å². The normalized spacial score (nSPS) is 17.4. The standard InChI is InChI=1S/C55H76F3N7O7S3/c1-41(2)17-18-43-38-54(3,4)27-25-44(43)39-63-31-33-64(34-32-63)46-21-19-42(20-22-46)53(68)61-75(71,72)48-23-24-49(50(37-48)74(69,70)55(56,57)58)60-45(40-73-47-13-9-8-10-14-47)26-28-62-29-35-65(36-30-62)52(67)16-12-7-5-6-11-15-51(59)66/h8-10,13-14,19-24,37,45,60H,1,5-7,11-12,15-18,25-36,38-40H2,2-4H3,(H2,59,66)(H,61,68)/t45-/m1/s1. The number of alkyl halides is 3. The third-order valence-electron chi connectivity index (χ3n) is 14.4. The van der Waals surface area contributed by atoms with E-state index in [1.807, 2.05) is 40.0 Å². The third-order valence-corrected chi connectivity index (χ3v) is 18.4. The SMILES string of the molecule is C=C(C)CCC1=C(CN2CCN(c3ccc(C(=O)NS(=O)(=O)c4ccc(N[C@H](CCN5CCN(C(=O)CCCCCCCC(N)=O)CC5)CSc5ccccc5)c(S(=O)(=O)C(F)(F)F)c4)cc3)CC2)CCC(C)(C)C1. The number of halogens is 3. The molecule has 0 unspecified atom stereocenters. The number of benzene rings is 3. The van der Waals surface area contributed by atoms with Gasteiger partial charge in [-0.15, -0.1) is 18.3 Å². The summed E-state index contributed by atoms with van der Waals surface area (Å²) in [6, 6.07) is 17.5. The monoisotopic (exact) mass is 1100 g/mol. The number of allylic oxidation sites excluding steroid dienone is 2. The number of sulfone groups is 1. The number of amides is 3. The van der Waals surface area contributed by atoms with Gasteiger partial charge in [0, 0.05) is 106 Å². The number of primary amides is 1. The van der Waals surface area contributed by atoms with E-state index in [2.05, 4.69) is 47.4 Å². The molecule has 2 saturated heterocycles. The van der Waals surface area contributed by atoms with Crippen LogP contribution in [0.3, 0.4) is 0 Å². The second-order valence-electron chi connectivity index (χ2n) is 21.1. The van der Waals surface area contributed by atoms with Gasteiger partial charge >= 0.3 is 5.51 Å². The molecule has 20 heteroatoms. The molecule has 3 amide bonds. The van der Waals surface area contributed by atoms with Gasteiger partial charge in [0.05, 0.1) is 10.6 Å². The van der Waals surface area contributed by atoms with E-state index < -0.39 is 52.8 Å². The minimum atomic E-state index is -6.11. The molecular formula is C55H76F3N7O7S3. The highest BCUT2D eigenvalue weighted by Crippen LogP contribution is 2.41. The second kappa shape index (κ2) is 26.9. The molecule has 2 heterocycles. The van der Waals surface area contributed by atoms with E-state index in [0.717, 1.165) is 113 Å². The Hall–Kier alpha value is -4.89. The highest BCUT2D eigenvalue weighted by atomic mass is 32.2. The summed E-state index contributed by atoms with van der Waals surface area (Å²) in [6.07, 6.45) is 10.8. The van der Waals surface area contributed by atoms with Crippen LogP contribution in [0.5, 0.6) is 0 Å². The summed E-state index contributed by atoms with van der Waals surface area (Å²) in [6.45, 7) is 17.7. The van der Waals surface area contributed by atoms with Crippen molar-refractivity contribution in [1.82, 2.24) is 19.4 Å². The molecule has 1 atom stereocenters. The van der Waals surface area contributed by atoms with E-state index in [-0.39, 0.29) is 17.4 Å². The van der Waals surface area contributed by atoms with Crippen molar-refractivity contribution in [3.63, 3.8) is 0 Å². The molecule has 3 aliphatic rings. The molecule has 412 valence electrons. The predicted octanol–water partition coefficient (Wildman–Crippen LogP) is 9.41. The van der Waals surface area contributed by atoms with Crippen LogP contribution in [0.4, 0.5) is 24.5 Å². The van der Waals surface area contributed by atoms with Gasteiger partial charge in [0.15, 0.2) is 0 Å². The Balaban J connectivity index is 1.08. The molecule has 75 heavy (non-hydrogen) atoms. The number of thioether (sulfide) groups is 1. The maximum Gasteiger partial charge on any atom is 0.501 e. The first kappa shape index (κ1) is 59.4. The van der Waals surface area contributed by atoms with Crippen molar-refractivity contribution in [1.29, 1.82) is 0 Å². The Morgan fingerprint density at radius 3 is 2.08 bits per heavy atom. The molecule has 0 aromatic heterocycles. The van der Waals surface area contributed by atoms with E-state index in [1.54, 1.807) is 23.3 Å². The highest BCUT2D eigenvalue weighted by Gasteiger charge is 2.48. The van der Waals surface area contributed by atoms with Gasteiger partial charge in [-0.2, -0.15) is 13.2 Å². The van der Waals surface area contributed by atoms with Crippen LogP contribution in [-0.4, -0.2) is 132 Å². The lowest BCUT2D eigenvalue weighted by atomic mass is 9.73. The quantitative estimate of drug-likeness (QED) is 0.0394. The van der Waals surface area contributed by atoms with Crippen molar-refractivity contribution in [2.45, 2.75) is 130 Å². The minimum Gasteiger partial charge on any atom is -0.380 e. The van der Waals surface area contributed by atoms with Crippen LogP contribution in [0.2, 0.25) is 0 Å². The van der Waals surface area contributed by atoms with Crippen LogP contribution >= 0.6 is 11.8 Å². The molecule has 0 saturated carbocycles. The van der Waals surface area contributed by atoms with Gasteiger partial charge in [-0.3, -0.25) is 24.2 Å².